The van der Waals surface area contributed by atoms with Gasteiger partial charge in [0.15, 0.2) is 5.82 Å². The van der Waals surface area contributed by atoms with Crippen molar-refractivity contribution in [3.05, 3.63) is 53.8 Å². The molecular weight excluding hydrogens is 253 g/mol. The van der Waals surface area contributed by atoms with Crippen molar-refractivity contribution in [2.75, 3.05) is 5.73 Å². The Bertz CT molecular complexity index is 850. The number of terminal acetylenes is 1. The highest BCUT2D eigenvalue weighted by atomic mass is 19.1. The molecule has 3 nitrogen and oxygen atoms in total. The van der Waals surface area contributed by atoms with E-state index in [1.165, 1.54) is 6.07 Å². The van der Waals surface area contributed by atoms with Crippen molar-refractivity contribution in [1.29, 1.82) is 0 Å². The van der Waals surface area contributed by atoms with Gasteiger partial charge in [-0.25, -0.2) is 4.39 Å². The third kappa shape index (κ3) is 1.86. The van der Waals surface area contributed by atoms with Crippen molar-refractivity contribution in [3.63, 3.8) is 0 Å². The van der Waals surface area contributed by atoms with Crippen molar-refractivity contribution in [3.8, 4) is 23.6 Å². The second-order valence-electron chi connectivity index (χ2n) is 4.32. The summed E-state index contributed by atoms with van der Waals surface area (Å²) in [5.74, 6) is 2.29. The van der Waals surface area contributed by atoms with E-state index >= 15 is 0 Å². The highest BCUT2D eigenvalue weighted by molar-refractivity contribution is 5.99. The Hall–Kier alpha value is -2.93. The van der Waals surface area contributed by atoms with Crippen LogP contribution in [0.3, 0.4) is 0 Å². The largest absolute Gasteiger partial charge is 0.382 e. The zero-order valence-electron chi connectivity index (χ0n) is 10.5. The van der Waals surface area contributed by atoms with Gasteiger partial charge < -0.3 is 5.73 Å². The smallest absolute Gasteiger partial charge is 0.154 e. The summed E-state index contributed by atoms with van der Waals surface area (Å²) >= 11 is 0. The van der Waals surface area contributed by atoms with Crippen LogP contribution in [0.2, 0.25) is 0 Å². The van der Waals surface area contributed by atoms with Crippen molar-refractivity contribution in [1.82, 2.24) is 10.2 Å². The summed E-state index contributed by atoms with van der Waals surface area (Å²) in [5.41, 5.74) is 7.09. The quantitative estimate of drug-likeness (QED) is 0.687. The molecular formula is C16H10FN3. The second kappa shape index (κ2) is 4.63. The molecule has 96 valence electrons. The lowest BCUT2D eigenvalue weighted by molar-refractivity contribution is 0.630. The number of anilines is 1. The number of nitrogen functional groups attached to an aromatic ring is 1. The summed E-state index contributed by atoms with van der Waals surface area (Å²) in [5, 5.41) is 9.42. The minimum atomic E-state index is -0.426. The van der Waals surface area contributed by atoms with E-state index in [1.54, 1.807) is 12.1 Å². The van der Waals surface area contributed by atoms with E-state index in [2.05, 4.69) is 16.1 Å². The molecule has 0 radical (unpaired) electrons. The average Bonchev–Trinajstić information content (AvgIpc) is 2.48. The van der Waals surface area contributed by atoms with Crippen molar-refractivity contribution in [2.24, 2.45) is 0 Å². The zero-order chi connectivity index (χ0) is 14.1. The molecule has 0 bridgehead atoms. The van der Waals surface area contributed by atoms with E-state index in [0.717, 1.165) is 10.8 Å². The summed E-state index contributed by atoms with van der Waals surface area (Å²) in [6.07, 6.45) is 5.26. The number of benzene rings is 2. The van der Waals surface area contributed by atoms with E-state index in [0.29, 0.717) is 22.6 Å². The number of hydrogen-bond donors (Lipinski definition) is 1. The highest BCUT2D eigenvalue weighted by Gasteiger charge is 2.13. The normalized spacial score (nSPS) is 10.4. The fourth-order valence-electron chi connectivity index (χ4n) is 2.12. The first kappa shape index (κ1) is 12.1. The van der Waals surface area contributed by atoms with Gasteiger partial charge in [0.25, 0.3) is 0 Å². The molecule has 1 aromatic heterocycles. The Kier molecular flexibility index (Phi) is 2.81. The van der Waals surface area contributed by atoms with Gasteiger partial charge >= 0.3 is 0 Å². The van der Waals surface area contributed by atoms with Crippen molar-refractivity contribution < 1.29 is 4.39 Å². The fourth-order valence-corrected chi connectivity index (χ4v) is 2.12. The highest BCUT2D eigenvalue weighted by Crippen LogP contribution is 2.30. The molecule has 0 fully saturated rings. The van der Waals surface area contributed by atoms with Gasteiger partial charge in [-0.15, -0.1) is 16.6 Å². The molecule has 0 unspecified atom stereocenters. The number of nitrogens with zero attached hydrogens (tertiary/aromatic N) is 2. The first-order valence-corrected chi connectivity index (χ1v) is 5.98. The Morgan fingerprint density at radius 1 is 1.05 bits per heavy atom. The van der Waals surface area contributed by atoms with E-state index in [-0.39, 0.29) is 0 Å². The van der Waals surface area contributed by atoms with Crippen LogP contribution in [0.15, 0.2) is 42.5 Å². The maximum atomic E-state index is 14.2. The van der Waals surface area contributed by atoms with Crippen LogP contribution in [-0.4, -0.2) is 10.2 Å². The number of halogens is 1. The number of rotatable bonds is 1. The van der Waals surface area contributed by atoms with Crippen LogP contribution in [0.5, 0.6) is 0 Å². The molecule has 0 saturated carbocycles. The van der Waals surface area contributed by atoms with Gasteiger partial charge in [0.05, 0.1) is 0 Å². The molecule has 20 heavy (non-hydrogen) atoms. The molecule has 0 spiro atoms. The monoisotopic (exact) mass is 263 g/mol. The number of fused-ring (bicyclic) bond motifs is 1. The SMILES string of the molecule is C#Cc1ccc(-c2nnc(N)c3ccccc23)c(F)c1. The first-order valence-electron chi connectivity index (χ1n) is 5.98. The molecule has 3 aromatic rings. The van der Waals surface area contributed by atoms with Gasteiger partial charge in [-0.2, -0.15) is 0 Å². The number of nitrogens with two attached hydrogens (primary N) is 1. The van der Waals surface area contributed by atoms with Crippen LogP contribution in [0.4, 0.5) is 10.2 Å². The fraction of sp³-hybridized carbons (Fsp3) is 0. The molecule has 2 aromatic carbocycles. The summed E-state index contributed by atoms with van der Waals surface area (Å²) in [7, 11) is 0. The van der Waals surface area contributed by atoms with Gasteiger partial charge in [-0.3, -0.25) is 0 Å². The van der Waals surface area contributed by atoms with Crippen molar-refractivity contribution in [2.45, 2.75) is 0 Å². The second-order valence-corrected chi connectivity index (χ2v) is 4.32. The molecule has 0 aliphatic carbocycles. The van der Waals surface area contributed by atoms with Crippen LogP contribution in [0.1, 0.15) is 5.56 Å². The standard InChI is InChI=1S/C16H10FN3/c1-2-10-7-8-13(14(17)9-10)15-11-5-3-4-6-12(11)16(18)20-19-15/h1,3-9H,(H2,18,20). The number of hydrogen-bond acceptors (Lipinski definition) is 3. The molecule has 0 amide bonds. The van der Waals surface area contributed by atoms with Crippen LogP contribution in [-0.2, 0) is 0 Å². The van der Waals surface area contributed by atoms with E-state index in [1.807, 2.05) is 24.3 Å². The molecule has 3 rings (SSSR count). The third-order valence-corrected chi connectivity index (χ3v) is 3.11. The molecule has 4 heteroatoms. The Morgan fingerprint density at radius 2 is 1.80 bits per heavy atom. The lowest BCUT2D eigenvalue weighted by atomic mass is 10.0. The Balaban J connectivity index is 2.31. The zero-order valence-corrected chi connectivity index (χ0v) is 10.5. The molecule has 0 aliphatic rings. The van der Waals surface area contributed by atoms with E-state index in [9.17, 15) is 4.39 Å². The maximum absolute atomic E-state index is 14.2. The van der Waals surface area contributed by atoms with Gasteiger partial charge in [-0.05, 0) is 18.2 Å². The van der Waals surface area contributed by atoms with E-state index in [4.69, 9.17) is 12.2 Å². The Labute approximate surface area is 115 Å². The lowest BCUT2D eigenvalue weighted by Gasteiger charge is -2.08. The van der Waals surface area contributed by atoms with Gasteiger partial charge in [-0.1, -0.05) is 30.2 Å². The van der Waals surface area contributed by atoms with Crippen LogP contribution >= 0.6 is 0 Å². The topological polar surface area (TPSA) is 51.8 Å². The van der Waals surface area contributed by atoms with Crippen LogP contribution in [0.25, 0.3) is 22.0 Å². The molecule has 1 heterocycles. The maximum Gasteiger partial charge on any atom is 0.154 e. The third-order valence-electron chi connectivity index (χ3n) is 3.11. The van der Waals surface area contributed by atoms with Crippen LogP contribution < -0.4 is 5.73 Å². The molecule has 0 saturated heterocycles. The summed E-state index contributed by atoms with van der Waals surface area (Å²) in [4.78, 5) is 0. The number of aromatic nitrogens is 2. The minimum Gasteiger partial charge on any atom is -0.382 e. The van der Waals surface area contributed by atoms with Crippen LogP contribution in [0, 0.1) is 18.2 Å². The van der Waals surface area contributed by atoms with Gasteiger partial charge in [0, 0.05) is 21.9 Å². The molecule has 2 N–H and O–H groups in total. The molecule has 0 atom stereocenters. The van der Waals surface area contributed by atoms with Gasteiger partial charge in [0.2, 0.25) is 0 Å². The summed E-state index contributed by atoms with van der Waals surface area (Å²) in [6, 6.07) is 12.0. The predicted octanol–water partition coefficient (Wildman–Crippen LogP) is 3.00. The predicted molar refractivity (Wildman–Crippen MR) is 77.3 cm³/mol. The first-order chi connectivity index (χ1) is 9.70. The molecule has 0 aliphatic heterocycles. The van der Waals surface area contributed by atoms with Crippen molar-refractivity contribution >= 4 is 16.6 Å². The van der Waals surface area contributed by atoms with E-state index < -0.39 is 5.82 Å². The summed E-state index contributed by atoms with van der Waals surface area (Å²) < 4.78 is 14.2. The lowest BCUT2D eigenvalue weighted by Crippen LogP contribution is -1.98. The summed E-state index contributed by atoms with van der Waals surface area (Å²) in [6.45, 7) is 0. The average molecular weight is 263 g/mol. The van der Waals surface area contributed by atoms with Gasteiger partial charge in [0.1, 0.15) is 11.5 Å². The minimum absolute atomic E-state index is 0.324. The Morgan fingerprint density at radius 3 is 2.50 bits per heavy atom.